The first-order valence-electron chi connectivity index (χ1n) is 5.41. The minimum Gasteiger partial charge on any atom is -0.133 e. The molecule has 0 aliphatic heterocycles. The van der Waals surface area contributed by atoms with E-state index in [1.165, 1.54) is 5.56 Å². The molecule has 18 heavy (non-hydrogen) atoms. The first kappa shape index (κ1) is 14.1. The molecule has 0 aromatic heterocycles. The topological polar surface area (TPSA) is 0 Å². The Morgan fingerprint density at radius 3 is 1.89 bits per heavy atom. The Morgan fingerprint density at radius 1 is 0.833 bits per heavy atom. The second-order valence-corrected chi connectivity index (χ2v) is 6.47. The van der Waals surface area contributed by atoms with Crippen molar-refractivity contribution in [1.29, 1.82) is 0 Å². The molecule has 4 heteroatoms. The number of hydrogen-bond donors (Lipinski definition) is 0. The van der Waals surface area contributed by atoms with Crippen molar-refractivity contribution < 1.29 is 0 Å². The molecule has 2 aromatic carbocycles. The third kappa shape index (κ3) is 4.10. The molecule has 0 aliphatic carbocycles. The molecule has 0 radical (unpaired) electrons. The highest BCUT2D eigenvalue weighted by atomic mass is 35.5. The van der Waals surface area contributed by atoms with Crippen LogP contribution < -0.4 is 0 Å². The fourth-order valence-electron chi connectivity index (χ4n) is 1.46. The molecule has 1 unspecified atom stereocenters. The maximum absolute atomic E-state index is 6.33. The van der Waals surface area contributed by atoms with Crippen LogP contribution in [0.15, 0.2) is 48.5 Å². The number of thioether (sulfide) groups is 1. The maximum atomic E-state index is 6.33. The summed E-state index contributed by atoms with van der Waals surface area (Å²) in [4.78, 5) is 0. The van der Waals surface area contributed by atoms with Gasteiger partial charge < -0.3 is 0 Å². The van der Waals surface area contributed by atoms with Crippen LogP contribution in [0, 0.1) is 0 Å². The summed E-state index contributed by atoms with van der Waals surface area (Å²) < 4.78 is -0.0713. The van der Waals surface area contributed by atoms with Gasteiger partial charge in [0.2, 0.25) is 0 Å². The van der Waals surface area contributed by atoms with E-state index in [1.807, 2.05) is 48.5 Å². The summed E-state index contributed by atoms with van der Waals surface area (Å²) in [5, 5.41) is 1.48. The molecule has 0 bridgehead atoms. The Morgan fingerprint density at radius 2 is 1.33 bits per heavy atom. The van der Waals surface area contributed by atoms with E-state index < -0.39 is 0 Å². The number of hydrogen-bond acceptors (Lipinski definition) is 1. The van der Waals surface area contributed by atoms with Gasteiger partial charge in [-0.05, 0) is 35.4 Å². The molecule has 2 rings (SSSR count). The van der Waals surface area contributed by atoms with E-state index in [4.69, 9.17) is 34.8 Å². The summed E-state index contributed by atoms with van der Waals surface area (Å²) in [6, 6.07) is 15.4. The van der Waals surface area contributed by atoms with Crippen molar-refractivity contribution in [2.45, 2.75) is 10.5 Å². The van der Waals surface area contributed by atoms with Gasteiger partial charge in [0.05, 0.1) is 0 Å². The summed E-state index contributed by atoms with van der Waals surface area (Å²) in [5.74, 6) is 0.855. The van der Waals surface area contributed by atoms with Crippen LogP contribution in [0.2, 0.25) is 10.0 Å². The van der Waals surface area contributed by atoms with Crippen molar-refractivity contribution >= 4 is 46.6 Å². The molecule has 0 saturated carbocycles. The summed E-state index contributed by atoms with van der Waals surface area (Å²) in [6.07, 6.45) is 0. The van der Waals surface area contributed by atoms with Crippen LogP contribution in [0.25, 0.3) is 0 Å². The van der Waals surface area contributed by atoms with Gasteiger partial charge in [-0.25, -0.2) is 0 Å². The van der Waals surface area contributed by atoms with E-state index in [1.54, 1.807) is 11.8 Å². The maximum Gasteiger partial charge on any atom is 0.104 e. The lowest BCUT2D eigenvalue weighted by atomic mass is 10.2. The third-order valence-electron chi connectivity index (χ3n) is 2.44. The van der Waals surface area contributed by atoms with E-state index in [2.05, 4.69) is 0 Å². The largest absolute Gasteiger partial charge is 0.133 e. The molecule has 0 saturated heterocycles. The second-order valence-electron chi connectivity index (χ2n) is 3.81. The van der Waals surface area contributed by atoms with Gasteiger partial charge >= 0.3 is 0 Å². The normalized spacial score (nSPS) is 12.4. The van der Waals surface area contributed by atoms with Crippen LogP contribution in [0.3, 0.4) is 0 Å². The van der Waals surface area contributed by atoms with Crippen molar-refractivity contribution in [2.24, 2.45) is 0 Å². The Hall–Kier alpha value is -0.340. The van der Waals surface area contributed by atoms with Gasteiger partial charge in [0.25, 0.3) is 0 Å². The van der Waals surface area contributed by atoms with Crippen molar-refractivity contribution in [2.75, 3.05) is 0 Å². The molecule has 0 N–H and O–H groups in total. The first-order chi connectivity index (χ1) is 8.65. The molecule has 0 amide bonds. The van der Waals surface area contributed by atoms with Crippen LogP contribution in [-0.4, -0.2) is 0 Å². The lowest BCUT2D eigenvalue weighted by Gasteiger charge is -2.09. The minimum atomic E-state index is -0.0713. The van der Waals surface area contributed by atoms with Gasteiger partial charge in [0.15, 0.2) is 0 Å². The van der Waals surface area contributed by atoms with Crippen molar-refractivity contribution in [3.05, 3.63) is 69.7 Å². The zero-order valence-corrected chi connectivity index (χ0v) is 12.5. The predicted molar refractivity (Wildman–Crippen MR) is 82.8 cm³/mol. The van der Waals surface area contributed by atoms with Gasteiger partial charge in [-0.1, -0.05) is 47.5 Å². The fraction of sp³-hybridized carbons (Fsp3) is 0.143. The van der Waals surface area contributed by atoms with Crippen molar-refractivity contribution in [3.63, 3.8) is 0 Å². The quantitative estimate of drug-likeness (QED) is 0.608. The van der Waals surface area contributed by atoms with Crippen LogP contribution >= 0.6 is 46.6 Å². The highest BCUT2D eigenvalue weighted by molar-refractivity contribution is 7.99. The molecule has 0 nitrogen and oxygen atoms in total. The van der Waals surface area contributed by atoms with E-state index in [-0.39, 0.29) is 4.71 Å². The Balaban J connectivity index is 1.93. The van der Waals surface area contributed by atoms with E-state index in [0.717, 1.165) is 21.4 Å². The zero-order chi connectivity index (χ0) is 13.0. The molecule has 1 atom stereocenters. The van der Waals surface area contributed by atoms with Crippen molar-refractivity contribution in [1.82, 2.24) is 0 Å². The van der Waals surface area contributed by atoms with E-state index in [9.17, 15) is 0 Å². The number of rotatable bonds is 4. The molecule has 0 heterocycles. The van der Waals surface area contributed by atoms with Crippen LogP contribution in [0.1, 0.15) is 15.8 Å². The van der Waals surface area contributed by atoms with Gasteiger partial charge in [-0.3, -0.25) is 0 Å². The lowest BCUT2D eigenvalue weighted by molar-refractivity contribution is 1.33. The van der Waals surface area contributed by atoms with Crippen LogP contribution in [-0.2, 0) is 5.75 Å². The molecule has 0 fully saturated rings. The summed E-state index contributed by atoms with van der Waals surface area (Å²) in [6.45, 7) is 0. The fourth-order valence-corrected chi connectivity index (χ4v) is 2.93. The van der Waals surface area contributed by atoms with E-state index in [0.29, 0.717) is 0 Å². The highest BCUT2D eigenvalue weighted by Crippen LogP contribution is 2.35. The monoisotopic (exact) mass is 316 g/mol. The molecule has 94 valence electrons. The van der Waals surface area contributed by atoms with Gasteiger partial charge in [0.1, 0.15) is 4.71 Å². The summed E-state index contributed by atoms with van der Waals surface area (Å²) in [7, 11) is 0. The van der Waals surface area contributed by atoms with Gasteiger partial charge in [-0.15, -0.1) is 23.4 Å². The smallest absolute Gasteiger partial charge is 0.104 e. The molecular weight excluding hydrogens is 307 g/mol. The van der Waals surface area contributed by atoms with Crippen LogP contribution in [0.4, 0.5) is 0 Å². The Kier molecular flexibility index (Phi) is 5.25. The van der Waals surface area contributed by atoms with Crippen LogP contribution in [0.5, 0.6) is 0 Å². The summed E-state index contributed by atoms with van der Waals surface area (Å²) >= 11 is 19.7. The second kappa shape index (κ2) is 6.72. The standard InChI is InChI=1S/C14H11Cl3S/c15-12-5-1-10(2-6-12)9-18-14(17)11-3-7-13(16)8-4-11/h1-8,14H,9H2. The third-order valence-corrected chi connectivity index (χ3v) is 4.64. The number of benzene rings is 2. The SMILES string of the molecule is Clc1ccc(CSC(Cl)c2ccc(Cl)cc2)cc1. The molecule has 0 aliphatic rings. The average Bonchev–Trinajstić information content (AvgIpc) is 2.38. The number of halogens is 3. The predicted octanol–water partition coefficient (Wildman–Crippen LogP) is 6.16. The number of alkyl halides is 1. The lowest BCUT2D eigenvalue weighted by Crippen LogP contribution is -1.87. The molecule has 0 spiro atoms. The van der Waals surface area contributed by atoms with Gasteiger partial charge in [-0.2, -0.15) is 0 Å². The first-order valence-corrected chi connectivity index (χ1v) is 7.65. The van der Waals surface area contributed by atoms with Crippen molar-refractivity contribution in [3.8, 4) is 0 Å². The Labute approximate surface area is 126 Å². The zero-order valence-electron chi connectivity index (χ0n) is 9.45. The molecule has 2 aromatic rings. The highest BCUT2D eigenvalue weighted by Gasteiger charge is 2.08. The Bertz CT molecular complexity index is 493. The minimum absolute atomic E-state index is 0.0713. The summed E-state index contributed by atoms with van der Waals surface area (Å²) in [5.41, 5.74) is 2.28. The van der Waals surface area contributed by atoms with E-state index >= 15 is 0 Å². The molecular formula is C14H11Cl3S. The average molecular weight is 318 g/mol. The van der Waals surface area contributed by atoms with Gasteiger partial charge in [0, 0.05) is 15.8 Å².